The molecule has 0 aliphatic carbocycles. The zero-order valence-corrected chi connectivity index (χ0v) is 11.3. The molecule has 1 saturated heterocycles. The second-order valence-corrected chi connectivity index (χ2v) is 4.99. The number of hydrogen-bond donors (Lipinski definition) is 1. The minimum atomic E-state index is 0.247. The fourth-order valence-corrected chi connectivity index (χ4v) is 2.64. The maximum absolute atomic E-state index is 12.3. The summed E-state index contributed by atoms with van der Waals surface area (Å²) in [6.07, 6.45) is 1.60. The van der Waals surface area contributed by atoms with Crippen molar-refractivity contribution in [3.05, 3.63) is 35.4 Å². The van der Waals surface area contributed by atoms with E-state index in [1.165, 1.54) is 5.56 Å². The van der Waals surface area contributed by atoms with Gasteiger partial charge in [-0.2, -0.15) is 0 Å². The average molecular weight is 246 g/mol. The summed E-state index contributed by atoms with van der Waals surface area (Å²) in [7, 11) is 0. The molecule has 0 radical (unpaired) electrons. The van der Waals surface area contributed by atoms with Crippen molar-refractivity contribution in [2.24, 2.45) is 0 Å². The Morgan fingerprint density at radius 3 is 2.94 bits per heavy atom. The molecule has 0 aromatic heterocycles. The van der Waals surface area contributed by atoms with Crippen molar-refractivity contribution >= 4 is 5.91 Å². The Morgan fingerprint density at radius 1 is 1.50 bits per heavy atom. The third kappa shape index (κ3) is 3.10. The van der Waals surface area contributed by atoms with Gasteiger partial charge in [-0.05, 0) is 32.4 Å². The Morgan fingerprint density at radius 2 is 2.33 bits per heavy atom. The van der Waals surface area contributed by atoms with E-state index in [9.17, 15) is 4.79 Å². The molecule has 1 aliphatic rings. The number of amides is 1. The molecule has 98 valence electrons. The summed E-state index contributed by atoms with van der Waals surface area (Å²) in [6, 6.07) is 8.59. The highest BCUT2D eigenvalue weighted by Gasteiger charge is 2.24. The van der Waals surface area contributed by atoms with Gasteiger partial charge in [-0.15, -0.1) is 0 Å². The van der Waals surface area contributed by atoms with Gasteiger partial charge in [0.25, 0.3) is 0 Å². The number of nitrogens with one attached hydrogen (secondary N) is 1. The number of hydrogen-bond acceptors (Lipinski definition) is 2. The van der Waals surface area contributed by atoms with Gasteiger partial charge in [0.05, 0.1) is 6.42 Å². The highest BCUT2D eigenvalue weighted by Crippen LogP contribution is 2.12. The first kappa shape index (κ1) is 13.1. The number of likely N-dealkylation sites (N-methyl/N-ethyl adjacent to an activating group) is 1. The molecule has 1 fully saturated rings. The molecule has 1 N–H and O–H groups in total. The summed E-state index contributed by atoms with van der Waals surface area (Å²) >= 11 is 0. The lowest BCUT2D eigenvalue weighted by atomic mass is 10.1. The van der Waals surface area contributed by atoms with Crippen LogP contribution in [0.4, 0.5) is 0 Å². The lowest BCUT2D eigenvalue weighted by Gasteiger charge is -2.27. The molecule has 0 spiro atoms. The van der Waals surface area contributed by atoms with Gasteiger partial charge in [0.15, 0.2) is 0 Å². The highest BCUT2D eigenvalue weighted by molar-refractivity contribution is 5.79. The fraction of sp³-hybridized carbons (Fsp3) is 0.533. The van der Waals surface area contributed by atoms with E-state index in [2.05, 4.69) is 31.3 Å². The number of carbonyl (C=O) groups excluding carboxylic acids is 1. The Labute approximate surface area is 109 Å². The van der Waals surface area contributed by atoms with Gasteiger partial charge < -0.3 is 10.2 Å². The summed E-state index contributed by atoms with van der Waals surface area (Å²) in [5.41, 5.74) is 2.33. The first-order valence-electron chi connectivity index (χ1n) is 6.76. The van der Waals surface area contributed by atoms with E-state index in [-0.39, 0.29) is 5.91 Å². The summed E-state index contributed by atoms with van der Waals surface area (Å²) in [5.74, 6) is 0.247. The molecule has 1 atom stereocenters. The molecule has 1 aromatic carbocycles. The molecule has 2 rings (SSSR count). The SMILES string of the molecule is CCN(C(=O)Cc1cccc(C)c1)C1CCNC1. The maximum atomic E-state index is 12.3. The molecular weight excluding hydrogens is 224 g/mol. The van der Waals surface area contributed by atoms with Gasteiger partial charge in [-0.25, -0.2) is 0 Å². The van der Waals surface area contributed by atoms with Crippen LogP contribution in [0.3, 0.4) is 0 Å². The van der Waals surface area contributed by atoms with Gasteiger partial charge in [-0.1, -0.05) is 29.8 Å². The van der Waals surface area contributed by atoms with Crippen LogP contribution in [0.15, 0.2) is 24.3 Å². The molecule has 1 aromatic rings. The van der Waals surface area contributed by atoms with E-state index in [1.807, 2.05) is 17.0 Å². The van der Waals surface area contributed by atoms with Crippen molar-refractivity contribution in [3.63, 3.8) is 0 Å². The highest BCUT2D eigenvalue weighted by atomic mass is 16.2. The van der Waals surface area contributed by atoms with Gasteiger partial charge in [0.2, 0.25) is 5.91 Å². The van der Waals surface area contributed by atoms with Crippen LogP contribution in [0.2, 0.25) is 0 Å². The molecule has 1 unspecified atom stereocenters. The summed E-state index contributed by atoms with van der Waals surface area (Å²) in [6.45, 7) is 6.89. The Kier molecular flexibility index (Phi) is 4.37. The van der Waals surface area contributed by atoms with Crippen molar-refractivity contribution in [2.45, 2.75) is 32.7 Å². The van der Waals surface area contributed by atoms with Crippen molar-refractivity contribution in [3.8, 4) is 0 Å². The minimum Gasteiger partial charge on any atom is -0.338 e. The molecule has 1 aliphatic heterocycles. The second-order valence-electron chi connectivity index (χ2n) is 4.99. The summed E-state index contributed by atoms with van der Waals surface area (Å²) in [5, 5.41) is 3.32. The van der Waals surface area contributed by atoms with Gasteiger partial charge in [-0.3, -0.25) is 4.79 Å². The van der Waals surface area contributed by atoms with Crippen molar-refractivity contribution in [1.29, 1.82) is 0 Å². The standard InChI is InChI=1S/C15H22N2O/c1-3-17(14-7-8-16-11-14)15(18)10-13-6-4-5-12(2)9-13/h4-6,9,14,16H,3,7-8,10-11H2,1-2H3. The topological polar surface area (TPSA) is 32.3 Å². The first-order valence-corrected chi connectivity index (χ1v) is 6.76. The smallest absolute Gasteiger partial charge is 0.227 e. The third-order valence-electron chi connectivity index (χ3n) is 3.57. The van der Waals surface area contributed by atoms with E-state index in [0.717, 1.165) is 31.6 Å². The van der Waals surface area contributed by atoms with Crippen LogP contribution in [0.5, 0.6) is 0 Å². The Hall–Kier alpha value is -1.35. The van der Waals surface area contributed by atoms with Crippen molar-refractivity contribution in [1.82, 2.24) is 10.2 Å². The molecule has 0 bridgehead atoms. The van der Waals surface area contributed by atoms with E-state index >= 15 is 0 Å². The van der Waals surface area contributed by atoms with E-state index in [0.29, 0.717) is 12.5 Å². The van der Waals surface area contributed by atoms with E-state index in [1.54, 1.807) is 0 Å². The largest absolute Gasteiger partial charge is 0.338 e. The molecule has 0 saturated carbocycles. The second kappa shape index (κ2) is 6.01. The number of carbonyl (C=O) groups is 1. The number of nitrogens with zero attached hydrogens (tertiary/aromatic N) is 1. The molecule has 3 nitrogen and oxygen atoms in total. The van der Waals surface area contributed by atoms with Crippen LogP contribution >= 0.6 is 0 Å². The maximum Gasteiger partial charge on any atom is 0.227 e. The minimum absolute atomic E-state index is 0.247. The molecule has 1 amide bonds. The lowest BCUT2D eigenvalue weighted by Crippen LogP contribution is -2.42. The van der Waals surface area contributed by atoms with Crippen LogP contribution in [0.25, 0.3) is 0 Å². The van der Waals surface area contributed by atoms with E-state index < -0.39 is 0 Å². The van der Waals surface area contributed by atoms with Crippen LogP contribution in [-0.2, 0) is 11.2 Å². The Balaban J connectivity index is 2.01. The van der Waals surface area contributed by atoms with Crippen LogP contribution < -0.4 is 5.32 Å². The zero-order chi connectivity index (χ0) is 13.0. The number of benzene rings is 1. The monoisotopic (exact) mass is 246 g/mol. The van der Waals surface area contributed by atoms with Crippen LogP contribution in [0, 0.1) is 6.92 Å². The van der Waals surface area contributed by atoms with Crippen LogP contribution in [-0.4, -0.2) is 36.5 Å². The van der Waals surface area contributed by atoms with Crippen LogP contribution in [0.1, 0.15) is 24.5 Å². The normalized spacial score (nSPS) is 18.9. The quantitative estimate of drug-likeness (QED) is 0.878. The molecule has 18 heavy (non-hydrogen) atoms. The summed E-state index contributed by atoms with van der Waals surface area (Å²) < 4.78 is 0. The lowest BCUT2D eigenvalue weighted by molar-refractivity contribution is -0.132. The van der Waals surface area contributed by atoms with Gasteiger partial charge in [0, 0.05) is 19.1 Å². The van der Waals surface area contributed by atoms with Crippen molar-refractivity contribution in [2.75, 3.05) is 19.6 Å². The summed E-state index contributed by atoms with van der Waals surface area (Å²) in [4.78, 5) is 14.4. The first-order chi connectivity index (χ1) is 8.70. The Bertz CT molecular complexity index is 411. The molecule has 3 heteroatoms. The predicted octanol–water partition coefficient (Wildman–Crippen LogP) is 1.75. The van der Waals surface area contributed by atoms with E-state index in [4.69, 9.17) is 0 Å². The predicted molar refractivity (Wildman–Crippen MR) is 73.5 cm³/mol. The average Bonchev–Trinajstić information content (AvgIpc) is 2.83. The molecular formula is C15H22N2O. The number of rotatable bonds is 4. The number of aryl methyl sites for hydroxylation is 1. The zero-order valence-electron chi connectivity index (χ0n) is 11.3. The van der Waals surface area contributed by atoms with Gasteiger partial charge >= 0.3 is 0 Å². The van der Waals surface area contributed by atoms with Crippen molar-refractivity contribution < 1.29 is 4.79 Å². The van der Waals surface area contributed by atoms with Gasteiger partial charge in [0.1, 0.15) is 0 Å². The fourth-order valence-electron chi connectivity index (χ4n) is 2.64. The molecule has 1 heterocycles. The third-order valence-corrected chi connectivity index (χ3v) is 3.57.